The molecule has 116 heavy (non-hydrogen) atoms. The Labute approximate surface area is 694 Å². The van der Waals surface area contributed by atoms with Crippen LogP contribution in [0.3, 0.4) is 0 Å². The van der Waals surface area contributed by atoms with E-state index in [1.165, 1.54) is 146 Å². The number of anilines is 3. The number of cyclic esters (lactones) is 1. The Morgan fingerprint density at radius 3 is 1.30 bits per heavy atom. The van der Waals surface area contributed by atoms with Crippen molar-refractivity contribution in [3.05, 3.63) is 235 Å². The minimum Gasteiger partial charge on any atom is -0.449 e. The van der Waals surface area contributed by atoms with E-state index in [0.717, 1.165) is 133 Å². The van der Waals surface area contributed by atoms with Gasteiger partial charge in [0.2, 0.25) is 11.8 Å². The molecule has 14 fully saturated rings. The highest BCUT2D eigenvalue weighted by atomic mass is 16.6. The van der Waals surface area contributed by atoms with E-state index in [-0.39, 0.29) is 34.4 Å². The highest BCUT2D eigenvalue weighted by Gasteiger charge is 2.55. The molecule has 6 unspecified atom stereocenters. The van der Waals surface area contributed by atoms with Gasteiger partial charge in [0, 0.05) is 158 Å². The molecule has 14 saturated heterocycles. The number of amides is 3. The van der Waals surface area contributed by atoms with Crippen LogP contribution >= 0.6 is 0 Å². The average molecular weight is 1570 g/mol. The van der Waals surface area contributed by atoms with Crippen LogP contribution in [-0.4, -0.2) is 281 Å². The lowest BCUT2D eigenvalue weighted by molar-refractivity contribution is -0.138. The summed E-state index contributed by atoms with van der Waals surface area (Å²) >= 11 is 0. The Morgan fingerprint density at radius 1 is 0.388 bits per heavy atom. The number of fused-ring (bicyclic) bond motifs is 1. The van der Waals surface area contributed by atoms with Gasteiger partial charge >= 0.3 is 6.09 Å². The minimum atomic E-state index is -0.162. The zero-order valence-electron chi connectivity index (χ0n) is 71.0. The van der Waals surface area contributed by atoms with Gasteiger partial charge in [-0.2, -0.15) is 0 Å². The number of nitrogens with zero attached hydrogens (tertiary/aromatic N) is 13. The van der Waals surface area contributed by atoms with Gasteiger partial charge in [0.15, 0.2) is 0 Å². The summed E-state index contributed by atoms with van der Waals surface area (Å²) in [7, 11) is 15.4. The lowest BCUT2D eigenvalue weighted by atomic mass is 9.71. The maximum Gasteiger partial charge on any atom is 0.410 e. The fourth-order valence-electron chi connectivity index (χ4n) is 21.8. The fourth-order valence-corrected chi connectivity index (χ4v) is 21.8. The molecular formula is C98H134N14O4. The number of likely N-dealkylation sites (tertiary alicyclic amines) is 9. The van der Waals surface area contributed by atoms with E-state index in [9.17, 15) is 14.4 Å². The third-order valence-electron chi connectivity index (χ3n) is 29.1. The van der Waals surface area contributed by atoms with E-state index in [1.54, 1.807) is 0 Å². The van der Waals surface area contributed by atoms with Gasteiger partial charge < -0.3 is 59.1 Å². The summed E-state index contributed by atoms with van der Waals surface area (Å²) in [6.45, 7) is 25.7. The number of carbonyl (C=O) groups is 3. The molecule has 0 aromatic heterocycles. The Bertz CT molecular complexity index is 4250. The van der Waals surface area contributed by atoms with Crippen LogP contribution in [0.4, 0.5) is 21.9 Å². The Balaban J connectivity index is 0.000000106. The first-order valence-electron chi connectivity index (χ1n) is 44.1. The van der Waals surface area contributed by atoms with Crippen LogP contribution in [-0.2, 0) is 34.0 Å². The molecule has 1 N–H and O–H groups in total. The highest BCUT2D eigenvalue weighted by Crippen LogP contribution is 2.47. The topological polar surface area (TPSA) is 115 Å². The van der Waals surface area contributed by atoms with Gasteiger partial charge in [-0.05, 0) is 224 Å². The summed E-state index contributed by atoms with van der Waals surface area (Å²) in [6.07, 6.45) is 16.6. The number of benzene rings is 7. The Morgan fingerprint density at radius 2 is 0.828 bits per heavy atom. The smallest absolute Gasteiger partial charge is 0.410 e. The van der Waals surface area contributed by atoms with E-state index in [2.05, 4.69) is 254 Å². The number of para-hydroxylation sites is 3. The van der Waals surface area contributed by atoms with Gasteiger partial charge in [-0.1, -0.05) is 176 Å². The Hall–Kier alpha value is -8.01. The highest BCUT2D eigenvalue weighted by molar-refractivity contribution is 6.04. The van der Waals surface area contributed by atoms with Gasteiger partial charge in [-0.3, -0.25) is 24.3 Å². The van der Waals surface area contributed by atoms with Crippen molar-refractivity contribution in [2.24, 2.45) is 11.3 Å². The maximum absolute atomic E-state index is 12.4. The zero-order chi connectivity index (χ0) is 80.3. The fraction of sp³-hybridized carbons (Fsp3) is 0.541. The van der Waals surface area contributed by atoms with Crippen molar-refractivity contribution in [3.8, 4) is 0 Å². The van der Waals surface area contributed by atoms with Gasteiger partial charge in [0.05, 0.1) is 34.6 Å². The molecule has 14 heterocycles. The molecule has 0 bridgehead atoms. The van der Waals surface area contributed by atoms with Crippen LogP contribution in [0.2, 0.25) is 0 Å². The number of nitrogens with one attached hydrogen (secondary N) is 1. The monoisotopic (exact) mass is 1570 g/mol. The standard InChI is InChI=1S/C15H20N2O2.C15H20N2O.C15H22N2.C14H18N2O.C14H20N2.C13H18N2.C12H16N2/c1-16-9-7-15(12-16)8-10-19-14(18)17(15)11-13-5-3-2-4-6-13;1-17-9-7-15(8-10-17)11-13(14(18)16-15)12-5-3-2-4-6-12;1-16-9-5-8-14-11-17(12-15(14)16)10-13-6-3-2-4-7-13;1-15-9-7-14(8-10-15)11-16(13(14)17)12-5-3-2-4-6-12;1-15-9-7-14(12-15)8-10-16(14)11-13-5-3-2-4-6-13;1-14-9-7-13(11-14)8-10-15(13)12-5-3-2-4-6-12;1-13-9-12(10-13)7-8-14(12)11-5-3-2-4-6-11/h2-6H,7-12H2,1H3;2-6,13H,7-11H2,1H3,(H,16,18);2-4,6-7,14-15H,5,8-12H2,1H3;2-6H,7-11H2,1H3;2-6H,7-12H2,1H3;2-6H,7-11H2,1H3;2-6H,7-10H2,1H3. The molecule has 6 atom stereocenters. The number of likely N-dealkylation sites (N-methyl/N-ethyl adjacent to an activating group) is 5. The number of rotatable bonds is 10. The van der Waals surface area contributed by atoms with E-state index in [0.29, 0.717) is 35.7 Å². The molecule has 620 valence electrons. The summed E-state index contributed by atoms with van der Waals surface area (Å²) in [4.78, 5) is 67.9. The molecule has 14 aliphatic heterocycles. The SMILES string of the molecule is CN1CC2(CCN2c2ccccc2)C1.CN1CCC2(CC1)CC(c1ccccc1)C(=O)N2.CN1CCC2(CC1)CN(c1ccccc1)C2=O.CN1CCC2(CCN2Cc2ccccc2)C1.CN1CCC2(CCN2c2ccccc2)C1.CN1CCC2(CCOC(=O)N2Cc2ccccc2)C1.CN1CCCC2CN(Cc3ccccc3)CC21. The zero-order valence-corrected chi connectivity index (χ0v) is 71.0. The van der Waals surface area contributed by atoms with Crippen molar-refractivity contribution in [1.82, 2.24) is 54.3 Å². The second-order valence-electron chi connectivity index (χ2n) is 37.3. The first-order valence-corrected chi connectivity index (χ1v) is 44.1. The van der Waals surface area contributed by atoms with Crippen molar-refractivity contribution < 1.29 is 19.1 Å². The molecule has 0 saturated carbocycles. The van der Waals surface area contributed by atoms with Gasteiger partial charge in [0.25, 0.3) is 0 Å². The van der Waals surface area contributed by atoms with Crippen LogP contribution in [0, 0.1) is 11.3 Å². The van der Waals surface area contributed by atoms with E-state index < -0.39 is 0 Å². The minimum absolute atomic E-state index is 0.0279. The van der Waals surface area contributed by atoms with Crippen LogP contribution in [0.25, 0.3) is 0 Å². The predicted molar refractivity (Wildman–Crippen MR) is 471 cm³/mol. The summed E-state index contributed by atoms with van der Waals surface area (Å²) in [5.41, 5.74) is 10.5. The van der Waals surface area contributed by atoms with E-state index in [1.807, 2.05) is 76.5 Å². The first kappa shape index (κ1) is 83.1. The molecule has 0 radical (unpaired) electrons. The molecule has 6 spiro atoms. The summed E-state index contributed by atoms with van der Waals surface area (Å²) < 4.78 is 5.25. The third-order valence-corrected chi connectivity index (χ3v) is 29.1. The lowest BCUT2D eigenvalue weighted by Crippen LogP contribution is -2.76. The number of β-lactam (4-membered cyclic amide) rings is 1. The number of ether oxygens (including phenoxy) is 1. The van der Waals surface area contributed by atoms with Crippen LogP contribution in [0.5, 0.6) is 0 Å². The molecule has 7 aromatic rings. The largest absolute Gasteiger partial charge is 0.449 e. The number of carbonyl (C=O) groups excluding carboxylic acids is 3. The second-order valence-corrected chi connectivity index (χ2v) is 37.3. The number of piperidine rings is 3. The van der Waals surface area contributed by atoms with Crippen molar-refractivity contribution in [3.63, 3.8) is 0 Å². The molecule has 3 amide bonds. The van der Waals surface area contributed by atoms with Gasteiger partial charge in [0.1, 0.15) is 0 Å². The van der Waals surface area contributed by atoms with Crippen LogP contribution in [0.15, 0.2) is 212 Å². The van der Waals surface area contributed by atoms with Gasteiger partial charge in [-0.25, -0.2) is 4.79 Å². The molecule has 21 rings (SSSR count). The van der Waals surface area contributed by atoms with Gasteiger partial charge in [-0.15, -0.1) is 0 Å². The van der Waals surface area contributed by atoms with Crippen LogP contribution in [0.1, 0.15) is 118 Å². The molecule has 14 aliphatic rings. The van der Waals surface area contributed by atoms with Crippen molar-refractivity contribution in [2.75, 3.05) is 195 Å². The lowest BCUT2D eigenvalue weighted by Gasteiger charge is -2.63. The summed E-state index contributed by atoms with van der Waals surface area (Å²) in [5.74, 6) is 1.51. The van der Waals surface area contributed by atoms with Crippen LogP contribution < -0.4 is 20.0 Å². The van der Waals surface area contributed by atoms with E-state index in [4.69, 9.17) is 4.74 Å². The first-order chi connectivity index (χ1) is 56.3. The van der Waals surface area contributed by atoms with Crippen molar-refractivity contribution >= 4 is 35.0 Å². The predicted octanol–water partition coefficient (Wildman–Crippen LogP) is 13.3. The molecule has 18 nitrogen and oxygen atoms in total. The second kappa shape index (κ2) is 37.1. The van der Waals surface area contributed by atoms with Crippen molar-refractivity contribution in [2.45, 2.75) is 149 Å². The average Bonchev–Trinajstić information content (AvgIpc) is 1.65. The van der Waals surface area contributed by atoms with Crippen molar-refractivity contribution in [1.29, 1.82) is 0 Å². The molecule has 18 heteroatoms. The van der Waals surface area contributed by atoms with E-state index >= 15 is 0 Å². The number of hydrogen-bond acceptors (Lipinski definition) is 15. The number of hydrogen-bond donors (Lipinski definition) is 1. The summed E-state index contributed by atoms with van der Waals surface area (Å²) in [6, 6.07) is 74.5. The summed E-state index contributed by atoms with van der Waals surface area (Å²) in [5, 5.41) is 3.27. The Kier molecular flexibility index (Phi) is 26.6. The maximum atomic E-state index is 12.4. The molecule has 0 aliphatic carbocycles. The normalized spacial score (nSPS) is 28.0. The third kappa shape index (κ3) is 19.2. The quantitative estimate of drug-likeness (QED) is 0.131. The molecule has 7 aromatic carbocycles. The molecular weight excluding hydrogens is 1440 g/mol.